The molecule has 1 N–H and O–H groups in total. The van der Waals surface area contributed by atoms with Gasteiger partial charge in [-0.2, -0.15) is 0 Å². The van der Waals surface area contributed by atoms with E-state index < -0.39 is 6.10 Å². The Bertz CT molecular complexity index is 892. The topological polar surface area (TPSA) is 32.7 Å². The molecule has 1 heterocycles. The number of hydrogen-bond donors (Lipinski definition) is 1. The molecule has 2 atom stereocenters. The minimum atomic E-state index is -0.587. The zero-order valence-electron chi connectivity index (χ0n) is 15.6. The lowest BCUT2D eigenvalue weighted by Crippen LogP contribution is -2.48. The summed E-state index contributed by atoms with van der Waals surface area (Å²) < 4.78 is 6.27. The molecule has 2 unspecified atom stereocenters. The van der Waals surface area contributed by atoms with Gasteiger partial charge in [0.1, 0.15) is 11.9 Å². The highest BCUT2D eigenvalue weighted by Crippen LogP contribution is 2.27. The third kappa shape index (κ3) is 4.05. The van der Waals surface area contributed by atoms with Crippen LogP contribution in [0, 0.1) is 0 Å². The molecule has 3 aromatic carbocycles. The summed E-state index contributed by atoms with van der Waals surface area (Å²) in [6.45, 7) is 3.47. The number of ether oxygens (including phenoxy) is 1. The number of hydrogen-bond acceptors (Lipinski definition) is 3. The molecule has 27 heavy (non-hydrogen) atoms. The summed E-state index contributed by atoms with van der Waals surface area (Å²) in [5, 5.41) is 10.4. The van der Waals surface area contributed by atoms with Crippen molar-refractivity contribution in [3.8, 4) is 16.9 Å². The maximum absolute atomic E-state index is 10.4. The Kier molecular flexibility index (Phi) is 5.23. The molecule has 3 aromatic rings. The van der Waals surface area contributed by atoms with E-state index >= 15 is 0 Å². The smallest absolute Gasteiger partial charge is 0.178 e. The van der Waals surface area contributed by atoms with Crippen LogP contribution in [0.15, 0.2) is 78.9 Å². The van der Waals surface area contributed by atoms with Gasteiger partial charge in [-0.25, -0.2) is 0 Å². The molecule has 3 heteroatoms. The highest BCUT2D eigenvalue weighted by atomic mass is 16.5. The Balaban J connectivity index is 1.55. The largest absolute Gasteiger partial charge is 0.472 e. The van der Waals surface area contributed by atoms with Gasteiger partial charge in [0.2, 0.25) is 0 Å². The Morgan fingerprint density at radius 2 is 1.56 bits per heavy atom. The number of benzene rings is 3. The first kappa shape index (κ1) is 17.8. The van der Waals surface area contributed by atoms with Crippen LogP contribution >= 0.6 is 0 Å². The molecule has 0 saturated carbocycles. The van der Waals surface area contributed by atoms with Crippen LogP contribution in [0.2, 0.25) is 0 Å². The first-order chi connectivity index (χ1) is 13.2. The molecule has 0 amide bonds. The van der Waals surface area contributed by atoms with E-state index in [1.165, 1.54) is 11.1 Å². The van der Waals surface area contributed by atoms with Crippen molar-refractivity contribution in [2.24, 2.45) is 0 Å². The van der Waals surface area contributed by atoms with Crippen LogP contribution in [0.1, 0.15) is 18.1 Å². The molecule has 138 valence electrons. The van der Waals surface area contributed by atoms with Gasteiger partial charge in [0.15, 0.2) is 6.23 Å². The van der Waals surface area contributed by atoms with Crippen LogP contribution in [0.4, 0.5) is 0 Å². The summed E-state index contributed by atoms with van der Waals surface area (Å²) in [5.41, 5.74) is 4.98. The number of rotatable bonds is 5. The van der Waals surface area contributed by atoms with Crippen LogP contribution in [-0.2, 0) is 13.0 Å². The Morgan fingerprint density at radius 1 is 0.852 bits per heavy atom. The maximum atomic E-state index is 10.4. The Labute approximate surface area is 160 Å². The predicted molar refractivity (Wildman–Crippen MR) is 109 cm³/mol. The van der Waals surface area contributed by atoms with E-state index in [4.69, 9.17) is 4.74 Å². The lowest BCUT2D eigenvalue weighted by atomic mass is 9.99. The van der Waals surface area contributed by atoms with Crippen molar-refractivity contribution in [2.45, 2.75) is 32.2 Å². The zero-order valence-corrected chi connectivity index (χ0v) is 15.6. The minimum Gasteiger partial charge on any atom is -0.472 e. The third-order valence-corrected chi connectivity index (χ3v) is 5.13. The van der Waals surface area contributed by atoms with Crippen LogP contribution in [0.3, 0.4) is 0 Å². The molecule has 0 spiro atoms. The van der Waals surface area contributed by atoms with Gasteiger partial charge in [0.05, 0.1) is 0 Å². The summed E-state index contributed by atoms with van der Waals surface area (Å²) in [6, 6.07) is 26.9. The van der Waals surface area contributed by atoms with E-state index in [1.54, 1.807) is 6.92 Å². The van der Waals surface area contributed by atoms with Gasteiger partial charge >= 0.3 is 0 Å². The van der Waals surface area contributed by atoms with E-state index in [9.17, 15) is 5.11 Å². The van der Waals surface area contributed by atoms with Crippen molar-refractivity contribution >= 4 is 0 Å². The Hall–Kier alpha value is -2.62. The lowest BCUT2D eigenvalue weighted by molar-refractivity contribution is -0.0646. The molecule has 1 aliphatic heterocycles. The average Bonchev–Trinajstić information content (AvgIpc) is 2.72. The molecule has 0 saturated heterocycles. The van der Waals surface area contributed by atoms with Crippen LogP contribution in [-0.4, -0.2) is 28.9 Å². The van der Waals surface area contributed by atoms with Crippen molar-refractivity contribution in [2.75, 3.05) is 6.54 Å². The van der Waals surface area contributed by atoms with Gasteiger partial charge in [-0.15, -0.1) is 0 Å². The van der Waals surface area contributed by atoms with Crippen LogP contribution < -0.4 is 4.74 Å². The fourth-order valence-corrected chi connectivity index (χ4v) is 3.73. The predicted octanol–water partition coefficient (Wildman–Crippen LogP) is 4.50. The second kappa shape index (κ2) is 7.95. The SMILES string of the molecule is CC(O)C(Oc1cccc(-c2ccccc2)c1)N1CCc2ccccc2C1. The molecule has 3 nitrogen and oxygen atoms in total. The van der Waals surface area contributed by atoms with Gasteiger partial charge in [-0.3, -0.25) is 4.90 Å². The Morgan fingerprint density at radius 3 is 2.33 bits per heavy atom. The fraction of sp³-hybridized carbons (Fsp3) is 0.250. The molecule has 0 aromatic heterocycles. The fourth-order valence-electron chi connectivity index (χ4n) is 3.73. The monoisotopic (exact) mass is 359 g/mol. The van der Waals surface area contributed by atoms with Gasteiger partial charge in [-0.1, -0.05) is 66.7 Å². The molecular formula is C24H25NO2. The number of aliphatic hydroxyl groups excluding tert-OH is 1. The van der Waals surface area contributed by atoms with E-state index in [0.29, 0.717) is 0 Å². The first-order valence-corrected chi connectivity index (χ1v) is 9.52. The molecule has 0 bridgehead atoms. The second-order valence-electron chi connectivity index (χ2n) is 7.13. The van der Waals surface area contributed by atoms with Crippen molar-refractivity contribution in [3.63, 3.8) is 0 Å². The van der Waals surface area contributed by atoms with Gasteiger partial charge in [0.25, 0.3) is 0 Å². The van der Waals surface area contributed by atoms with E-state index in [1.807, 2.05) is 36.4 Å². The lowest BCUT2D eigenvalue weighted by Gasteiger charge is -2.37. The summed E-state index contributed by atoms with van der Waals surface area (Å²) in [7, 11) is 0. The van der Waals surface area contributed by atoms with Crippen molar-refractivity contribution < 1.29 is 9.84 Å². The third-order valence-electron chi connectivity index (χ3n) is 5.13. The molecule has 4 rings (SSSR count). The van der Waals surface area contributed by atoms with Gasteiger partial charge in [0, 0.05) is 13.1 Å². The average molecular weight is 359 g/mol. The zero-order chi connectivity index (χ0) is 18.6. The maximum Gasteiger partial charge on any atom is 0.178 e. The van der Waals surface area contributed by atoms with Crippen molar-refractivity contribution in [1.29, 1.82) is 0 Å². The number of fused-ring (bicyclic) bond motifs is 1. The van der Waals surface area contributed by atoms with Crippen LogP contribution in [0.25, 0.3) is 11.1 Å². The summed E-state index contributed by atoms with van der Waals surface area (Å²) >= 11 is 0. The quantitative estimate of drug-likeness (QED) is 0.728. The molecule has 1 aliphatic rings. The van der Waals surface area contributed by atoms with E-state index in [0.717, 1.165) is 36.4 Å². The highest BCUT2D eigenvalue weighted by Gasteiger charge is 2.28. The molecule has 0 radical (unpaired) electrons. The van der Waals surface area contributed by atoms with E-state index in [2.05, 4.69) is 47.4 Å². The number of nitrogens with zero attached hydrogens (tertiary/aromatic N) is 1. The number of aliphatic hydroxyl groups is 1. The summed E-state index contributed by atoms with van der Waals surface area (Å²) in [6.07, 6.45) is 0.0207. The normalized spacial score (nSPS) is 16.4. The highest BCUT2D eigenvalue weighted by molar-refractivity contribution is 5.64. The van der Waals surface area contributed by atoms with Gasteiger partial charge in [-0.05, 0) is 47.7 Å². The molecular weight excluding hydrogens is 334 g/mol. The standard InChI is InChI=1S/C24H25NO2/c1-18(26)24(25-15-14-20-10-5-6-11-22(20)17-25)27-23-13-7-12-21(16-23)19-8-3-2-4-9-19/h2-13,16,18,24,26H,14-15,17H2,1H3. The van der Waals surface area contributed by atoms with Crippen molar-refractivity contribution in [1.82, 2.24) is 4.90 Å². The van der Waals surface area contributed by atoms with Crippen molar-refractivity contribution in [3.05, 3.63) is 90.0 Å². The minimum absolute atomic E-state index is 0.371. The molecule has 0 aliphatic carbocycles. The summed E-state index contributed by atoms with van der Waals surface area (Å²) in [5.74, 6) is 0.779. The van der Waals surface area contributed by atoms with Crippen LogP contribution in [0.5, 0.6) is 5.75 Å². The van der Waals surface area contributed by atoms with E-state index in [-0.39, 0.29) is 6.23 Å². The first-order valence-electron chi connectivity index (χ1n) is 9.52. The summed E-state index contributed by atoms with van der Waals surface area (Å²) in [4.78, 5) is 2.22. The molecule has 0 fully saturated rings. The van der Waals surface area contributed by atoms with Gasteiger partial charge < -0.3 is 9.84 Å². The second-order valence-corrected chi connectivity index (χ2v) is 7.13.